The lowest BCUT2D eigenvalue weighted by molar-refractivity contribution is 0.0787. The number of para-hydroxylation sites is 1. The summed E-state index contributed by atoms with van der Waals surface area (Å²) in [5.41, 5.74) is 0.594. The largest absolute Gasteiger partial charge is 0.495 e. The van der Waals surface area contributed by atoms with Crippen molar-refractivity contribution in [2.24, 2.45) is 0 Å². The third-order valence-corrected chi connectivity index (χ3v) is 5.91. The molecule has 0 spiro atoms. The van der Waals surface area contributed by atoms with Crippen LogP contribution in [-0.4, -0.2) is 61.1 Å². The van der Waals surface area contributed by atoms with Crippen LogP contribution in [0.5, 0.6) is 5.75 Å². The number of ether oxygens (including phenoxy) is 2. The summed E-state index contributed by atoms with van der Waals surface area (Å²) < 4.78 is 40.1. The molecule has 2 aromatic heterocycles. The Bertz CT molecular complexity index is 1100. The molecule has 1 aromatic carbocycles. The molecule has 10 nitrogen and oxygen atoms in total. The number of methoxy groups -OCH3 is 1. The first kappa shape index (κ1) is 22.9. The van der Waals surface area contributed by atoms with E-state index >= 15 is 0 Å². The van der Waals surface area contributed by atoms with Crippen molar-refractivity contribution in [3.63, 3.8) is 0 Å². The Balaban J connectivity index is 1.60. The van der Waals surface area contributed by atoms with Gasteiger partial charge in [0.15, 0.2) is 11.5 Å². The molecule has 0 unspecified atom stereocenters. The molecule has 3 aromatic rings. The van der Waals surface area contributed by atoms with Crippen LogP contribution >= 0.6 is 0 Å². The van der Waals surface area contributed by atoms with Gasteiger partial charge in [-0.05, 0) is 44.5 Å². The molecule has 0 saturated carbocycles. The number of benzene rings is 1. The summed E-state index contributed by atoms with van der Waals surface area (Å²) in [6, 6.07) is 10.1. The molecule has 0 amide bonds. The molecular formula is C20H28N6O4S. The van der Waals surface area contributed by atoms with E-state index in [4.69, 9.17) is 9.47 Å². The number of sulfonamides is 1. The van der Waals surface area contributed by atoms with Gasteiger partial charge in [-0.3, -0.25) is 0 Å². The molecule has 0 aliphatic carbocycles. The molecule has 0 aliphatic heterocycles. The molecule has 31 heavy (non-hydrogen) atoms. The molecular weight excluding hydrogens is 420 g/mol. The van der Waals surface area contributed by atoms with E-state index in [1.54, 1.807) is 22.7 Å². The minimum absolute atomic E-state index is 0.0923. The van der Waals surface area contributed by atoms with Crippen molar-refractivity contribution < 1.29 is 17.9 Å². The summed E-state index contributed by atoms with van der Waals surface area (Å²) in [6.45, 7) is 5.56. The lowest BCUT2D eigenvalue weighted by atomic mass is 10.3. The molecule has 0 saturated heterocycles. The van der Waals surface area contributed by atoms with E-state index in [1.165, 1.54) is 13.2 Å². The standard InChI is InChI=1S/C20H28N6O4S/c1-15(2)30-14-6-12-21-18-9-10-19-23-24-20(26(19)25-18)11-13-22-31(27,28)17-8-5-4-7-16(17)29-3/h4-5,7-10,15,22H,6,11-14H2,1-3H3,(H,21,25). The molecule has 11 heteroatoms. The highest BCUT2D eigenvalue weighted by Gasteiger charge is 2.19. The zero-order valence-electron chi connectivity index (χ0n) is 17.9. The average Bonchev–Trinajstić information content (AvgIpc) is 3.15. The van der Waals surface area contributed by atoms with Crippen LogP contribution in [0.2, 0.25) is 0 Å². The second-order valence-corrected chi connectivity index (χ2v) is 8.84. The van der Waals surface area contributed by atoms with Gasteiger partial charge in [-0.2, -0.15) is 4.52 Å². The number of rotatable bonds is 12. The molecule has 2 heterocycles. The van der Waals surface area contributed by atoms with E-state index < -0.39 is 10.0 Å². The first-order valence-electron chi connectivity index (χ1n) is 10.1. The Morgan fingerprint density at radius 2 is 1.90 bits per heavy atom. The zero-order chi connectivity index (χ0) is 22.3. The Morgan fingerprint density at radius 1 is 1.10 bits per heavy atom. The quantitative estimate of drug-likeness (QED) is 0.403. The van der Waals surface area contributed by atoms with Crippen molar-refractivity contribution in [1.82, 2.24) is 24.5 Å². The Kier molecular flexibility index (Phi) is 7.77. The second kappa shape index (κ2) is 10.5. The summed E-state index contributed by atoms with van der Waals surface area (Å²) in [4.78, 5) is 0.0923. The molecule has 2 N–H and O–H groups in total. The fourth-order valence-electron chi connectivity index (χ4n) is 2.91. The zero-order valence-corrected chi connectivity index (χ0v) is 18.7. The van der Waals surface area contributed by atoms with Crippen molar-refractivity contribution in [1.29, 1.82) is 0 Å². The van der Waals surface area contributed by atoms with Gasteiger partial charge in [-0.25, -0.2) is 13.1 Å². The van der Waals surface area contributed by atoms with Crippen LogP contribution in [0.15, 0.2) is 41.3 Å². The fraction of sp³-hybridized carbons (Fsp3) is 0.450. The smallest absolute Gasteiger partial charge is 0.244 e. The van der Waals surface area contributed by atoms with Crippen LogP contribution in [0, 0.1) is 0 Å². The number of aromatic nitrogens is 4. The van der Waals surface area contributed by atoms with Crippen molar-refractivity contribution in [3.8, 4) is 5.75 Å². The predicted molar refractivity (Wildman–Crippen MR) is 117 cm³/mol. The molecule has 168 valence electrons. The van der Waals surface area contributed by atoms with Gasteiger partial charge >= 0.3 is 0 Å². The van der Waals surface area contributed by atoms with Crippen LogP contribution in [-0.2, 0) is 21.2 Å². The van der Waals surface area contributed by atoms with Gasteiger partial charge in [0.25, 0.3) is 0 Å². The monoisotopic (exact) mass is 448 g/mol. The number of fused-ring (bicyclic) bond motifs is 1. The summed E-state index contributed by atoms with van der Waals surface area (Å²) in [5.74, 6) is 1.54. The molecule has 0 bridgehead atoms. The van der Waals surface area contributed by atoms with Crippen LogP contribution in [0.3, 0.4) is 0 Å². The third-order valence-electron chi connectivity index (χ3n) is 4.41. The SMILES string of the molecule is COc1ccccc1S(=O)(=O)NCCc1nnc2ccc(NCCCOC(C)C)nn12. The van der Waals surface area contributed by atoms with E-state index in [0.717, 1.165) is 13.0 Å². The van der Waals surface area contributed by atoms with Gasteiger partial charge in [0.05, 0.1) is 13.2 Å². The van der Waals surface area contributed by atoms with Gasteiger partial charge < -0.3 is 14.8 Å². The second-order valence-electron chi connectivity index (χ2n) is 7.10. The fourth-order valence-corrected chi connectivity index (χ4v) is 4.11. The maximum Gasteiger partial charge on any atom is 0.244 e. The molecule has 0 fully saturated rings. The Hall–Kier alpha value is -2.76. The van der Waals surface area contributed by atoms with Gasteiger partial charge in [-0.15, -0.1) is 15.3 Å². The average molecular weight is 449 g/mol. The number of hydrogen-bond donors (Lipinski definition) is 2. The highest BCUT2D eigenvalue weighted by molar-refractivity contribution is 7.89. The van der Waals surface area contributed by atoms with Gasteiger partial charge in [0, 0.05) is 26.1 Å². The van der Waals surface area contributed by atoms with Crippen LogP contribution in [0.25, 0.3) is 5.65 Å². The lowest BCUT2D eigenvalue weighted by Crippen LogP contribution is -2.27. The molecule has 0 atom stereocenters. The van der Waals surface area contributed by atoms with Crippen LogP contribution < -0.4 is 14.8 Å². The van der Waals surface area contributed by atoms with Crippen LogP contribution in [0.4, 0.5) is 5.82 Å². The van der Waals surface area contributed by atoms with Crippen molar-refractivity contribution >= 4 is 21.5 Å². The minimum Gasteiger partial charge on any atom is -0.495 e. The highest BCUT2D eigenvalue weighted by Crippen LogP contribution is 2.22. The first-order chi connectivity index (χ1) is 14.9. The van der Waals surface area contributed by atoms with E-state index in [2.05, 4.69) is 25.3 Å². The topological polar surface area (TPSA) is 120 Å². The van der Waals surface area contributed by atoms with E-state index in [-0.39, 0.29) is 17.5 Å². The third kappa shape index (κ3) is 6.12. The number of nitrogens with zero attached hydrogens (tertiary/aromatic N) is 4. The van der Waals surface area contributed by atoms with Crippen molar-refractivity contribution in [2.45, 2.75) is 37.7 Å². The maximum absolute atomic E-state index is 12.6. The lowest BCUT2D eigenvalue weighted by Gasteiger charge is -2.10. The minimum atomic E-state index is -3.72. The first-order valence-corrected chi connectivity index (χ1v) is 11.6. The summed E-state index contributed by atoms with van der Waals surface area (Å²) >= 11 is 0. The van der Waals surface area contributed by atoms with Gasteiger partial charge in [0.1, 0.15) is 16.5 Å². The Labute approximate surface area is 182 Å². The molecule has 0 aliphatic rings. The summed E-state index contributed by atoms with van der Waals surface area (Å²) in [6.07, 6.45) is 1.40. The predicted octanol–water partition coefficient (Wildman–Crippen LogP) is 1.88. The summed E-state index contributed by atoms with van der Waals surface area (Å²) in [5, 5.41) is 16.0. The Morgan fingerprint density at radius 3 is 2.68 bits per heavy atom. The van der Waals surface area contributed by atoms with Gasteiger partial charge in [0.2, 0.25) is 10.0 Å². The number of hydrogen-bond acceptors (Lipinski definition) is 8. The molecule has 0 radical (unpaired) electrons. The van der Waals surface area contributed by atoms with Crippen molar-refractivity contribution in [3.05, 3.63) is 42.2 Å². The van der Waals surface area contributed by atoms with E-state index in [0.29, 0.717) is 36.1 Å². The normalized spacial score (nSPS) is 11.9. The van der Waals surface area contributed by atoms with Gasteiger partial charge in [-0.1, -0.05) is 12.1 Å². The maximum atomic E-state index is 12.6. The summed E-state index contributed by atoms with van der Waals surface area (Å²) in [7, 11) is -2.28. The van der Waals surface area contributed by atoms with E-state index in [1.807, 2.05) is 26.0 Å². The van der Waals surface area contributed by atoms with Crippen LogP contribution in [0.1, 0.15) is 26.1 Å². The number of anilines is 1. The molecule has 3 rings (SSSR count). The number of nitrogens with one attached hydrogen (secondary N) is 2. The highest BCUT2D eigenvalue weighted by atomic mass is 32.2. The van der Waals surface area contributed by atoms with E-state index in [9.17, 15) is 8.42 Å². The van der Waals surface area contributed by atoms with Crippen molar-refractivity contribution in [2.75, 3.05) is 32.1 Å².